The maximum absolute atomic E-state index is 10.7. The third kappa shape index (κ3) is 3.54. The van der Waals surface area contributed by atoms with Gasteiger partial charge in [0.15, 0.2) is 0 Å². The lowest BCUT2D eigenvalue weighted by atomic mass is 9.90. The van der Waals surface area contributed by atoms with Crippen molar-refractivity contribution in [2.75, 3.05) is 0 Å². The number of aromatic amines is 1. The van der Waals surface area contributed by atoms with Gasteiger partial charge in [0.2, 0.25) is 0 Å². The predicted molar refractivity (Wildman–Crippen MR) is 82.3 cm³/mol. The number of hydrogen-bond donors (Lipinski definition) is 2. The fourth-order valence-electron chi connectivity index (χ4n) is 2.31. The highest BCUT2D eigenvalue weighted by Crippen LogP contribution is 2.37. The van der Waals surface area contributed by atoms with E-state index < -0.39 is 6.10 Å². The SMILES string of the molecule is CCCCC(c1ncc[nH]1)C(O)c1ccc(Cl)cc1Cl. The molecule has 0 fully saturated rings. The summed E-state index contributed by atoms with van der Waals surface area (Å²) >= 11 is 12.1. The van der Waals surface area contributed by atoms with Crippen molar-refractivity contribution >= 4 is 23.2 Å². The highest BCUT2D eigenvalue weighted by molar-refractivity contribution is 6.35. The van der Waals surface area contributed by atoms with E-state index in [1.807, 2.05) is 0 Å². The van der Waals surface area contributed by atoms with Gasteiger partial charge in [0.25, 0.3) is 0 Å². The van der Waals surface area contributed by atoms with Crippen molar-refractivity contribution in [1.29, 1.82) is 0 Å². The van der Waals surface area contributed by atoms with Gasteiger partial charge in [-0.05, 0) is 24.1 Å². The summed E-state index contributed by atoms with van der Waals surface area (Å²) in [5.74, 6) is 0.695. The molecule has 2 aromatic rings. The largest absolute Gasteiger partial charge is 0.388 e. The molecule has 0 amide bonds. The molecule has 0 aliphatic heterocycles. The van der Waals surface area contributed by atoms with Crippen LogP contribution < -0.4 is 0 Å². The number of aromatic nitrogens is 2. The first-order valence-corrected chi connectivity index (χ1v) is 7.51. The van der Waals surface area contributed by atoms with E-state index in [-0.39, 0.29) is 5.92 Å². The van der Waals surface area contributed by atoms with Crippen LogP contribution in [0, 0.1) is 0 Å². The molecule has 2 N–H and O–H groups in total. The molecule has 1 aromatic carbocycles. The summed E-state index contributed by atoms with van der Waals surface area (Å²) in [5.41, 5.74) is 0.688. The third-order valence-corrected chi connectivity index (χ3v) is 3.96. The number of rotatable bonds is 6. The number of imidazole rings is 1. The highest BCUT2D eigenvalue weighted by atomic mass is 35.5. The molecular formula is C15H18Cl2N2O. The van der Waals surface area contributed by atoms with E-state index in [0.717, 1.165) is 25.1 Å². The van der Waals surface area contributed by atoms with Gasteiger partial charge in [0, 0.05) is 28.4 Å². The van der Waals surface area contributed by atoms with Crippen molar-refractivity contribution in [3.63, 3.8) is 0 Å². The first kappa shape index (κ1) is 15.4. The van der Waals surface area contributed by atoms with Gasteiger partial charge >= 0.3 is 0 Å². The van der Waals surface area contributed by atoms with E-state index in [2.05, 4.69) is 16.9 Å². The Morgan fingerprint density at radius 3 is 2.75 bits per heavy atom. The number of unbranched alkanes of at least 4 members (excludes halogenated alkanes) is 1. The van der Waals surface area contributed by atoms with Gasteiger partial charge in [0.05, 0.1) is 6.10 Å². The second kappa shape index (κ2) is 7.11. The molecule has 2 unspecified atom stereocenters. The standard InChI is InChI=1S/C15H18Cl2N2O/c1-2-3-4-12(15-18-7-8-19-15)14(20)11-6-5-10(16)9-13(11)17/h5-9,12,14,20H,2-4H2,1H3,(H,18,19). The fraction of sp³-hybridized carbons (Fsp3) is 0.400. The molecule has 0 radical (unpaired) electrons. The highest BCUT2D eigenvalue weighted by Gasteiger charge is 2.26. The lowest BCUT2D eigenvalue weighted by molar-refractivity contribution is 0.135. The first-order chi connectivity index (χ1) is 9.63. The second-order valence-electron chi connectivity index (χ2n) is 4.83. The smallest absolute Gasteiger partial charge is 0.112 e. The Bertz CT molecular complexity index is 543. The van der Waals surface area contributed by atoms with Gasteiger partial charge in [-0.15, -0.1) is 0 Å². The molecule has 0 aliphatic carbocycles. The fourth-order valence-corrected chi connectivity index (χ4v) is 2.83. The molecule has 3 nitrogen and oxygen atoms in total. The average Bonchev–Trinajstić information content (AvgIpc) is 2.93. The van der Waals surface area contributed by atoms with E-state index in [0.29, 0.717) is 15.6 Å². The monoisotopic (exact) mass is 312 g/mol. The Labute approximate surface area is 129 Å². The van der Waals surface area contributed by atoms with Crippen molar-refractivity contribution in [1.82, 2.24) is 9.97 Å². The number of hydrogen-bond acceptors (Lipinski definition) is 2. The molecule has 0 aliphatic rings. The minimum atomic E-state index is -0.697. The summed E-state index contributed by atoms with van der Waals surface area (Å²) < 4.78 is 0. The van der Waals surface area contributed by atoms with Crippen LogP contribution in [0.4, 0.5) is 0 Å². The first-order valence-electron chi connectivity index (χ1n) is 6.75. The van der Waals surface area contributed by atoms with Crippen LogP contribution in [0.3, 0.4) is 0 Å². The van der Waals surface area contributed by atoms with Gasteiger partial charge in [-0.1, -0.05) is 49.0 Å². The van der Waals surface area contributed by atoms with Crippen molar-refractivity contribution in [3.05, 3.63) is 52.0 Å². The lowest BCUT2D eigenvalue weighted by Gasteiger charge is -2.22. The molecule has 0 saturated carbocycles. The maximum atomic E-state index is 10.7. The molecule has 0 saturated heterocycles. The van der Waals surface area contributed by atoms with Gasteiger partial charge in [-0.3, -0.25) is 0 Å². The van der Waals surface area contributed by atoms with Crippen molar-refractivity contribution < 1.29 is 5.11 Å². The molecule has 20 heavy (non-hydrogen) atoms. The molecule has 1 heterocycles. The third-order valence-electron chi connectivity index (χ3n) is 3.40. The number of nitrogens with zero attached hydrogens (tertiary/aromatic N) is 1. The van der Waals surface area contributed by atoms with Crippen LogP contribution in [0.15, 0.2) is 30.6 Å². The summed E-state index contributed by atoms with van der Waals surface area (Å²) in [7, 11) is 0. The van der Waals surface area contributed by atoms with Gasteiger partial charge in [0.1, 0.15) is 5.82 Å². The maximum Gasteiger partial charge on any atom is 0.112 e. The van der Waals surface area contributed by atoms with E-state index in [1.54, 1.807) is 30.6 Å². The quantitative estimate of drug-likeness (QED) is 0.810. The number of aliphatic hydroxyl groups excluding tert-OH is 1. The van der Waals surface area contributed by atoms with Crippen LogP contribution >= 0.6 is 23.2 Å². The van der Waals surface area contributed by atoms with Crippen molar-refractivity contribution in [2.24, 2.45) is 0 Å². The topological polar surface area (TPSA) is 48.9 Å². The molecule has 2 rings (SSSR count). The Morgan fingerprint density at radius 1 is 1.35 bits per heavy atom. The van der Waals surface area contributed by atoms with E-state index in [4.69, 9.17) is 23.2 Å². The molecule has 0 bridgehead atoms. The van der Waals surface area contributed by atoms with Crippen LogP contribution in [0.1, 0.15) is 49.6 Å². The number of halogens is 2. The van der Waals surface area contributed by atoms with Gasteiger partial charge in [-0.25, -0.2) is 4.98 Å². The zero-order valence-corrected chi connectivity index (χ0v) is 12.8. The number of H-pyrrole nitrogens is 1. The number of aliphatic hydroxyl groups is 1. The molecule has 5 heteroatoms. The van der Waals surface area contributed by atoms with Crippen LogP contribution in [-0.2, 0) is 0 Å². The Hall–Kier alpha value is -1.03. The van der Waals surface area contributed by atoms with Crippen LogP contribution in [0.2, 0.25) is 10.0 Å². The number of benzene rings is 1. The summed E-state index contributed by atoms with van der Waals surface area (Å²) in [4.78, 5) is 7.37. The van der Waals surface area contributed by atoms with E-state index in [9.17, 15) is 5.11 Å². The zero-order valence-electron chi connectivity index (χ0n) is 11.3. The van der Waals surface area contributed by atoms with Crippen LogP contribution in [-0.4, -0.2) is 15.1 Å². The Kier molecular flexibility index (Phi) is 5.46. The summed E-state index contributed by atoms with van der Waals surface area (Å²) in [6.07, 6.45) is 5.71. The molecule has 1 aromatic heterocycles. The predicted octanol–water partition coefficient (Wildman–Crippen LogP) is 4.72. The average molecular weight is 313 g/mol. The molecular weight excluding hydrogens is 295 g/mol. The minimum absolute atomic E-state index is 0.0939. The van der Waals surface area contributed by atoms with Crippen molar-refractivity contribution in [3.8, 4) is 0 Å². The van der Waals surface area contributed by atoms with Gasteiger partial charge in [-0.2, -0.15) is 0 Å². The van der Waals surface area contributed by atoms with Crippen LogP contribution in [0.5, 0.6) is 0 Å². The molecule has 0 spiro atoms. The number of nitrogens with one attached hydrogen (secondary N) is 1. The summed E-state index contributed by atoms with van der Waals surface area (Å²) in [5, 5.41) is 11.7. The summed E-state index contributed by atoms with van der Waals surface area (Å²) in [6, 6.07) is 5.17. The Balaban J connectivity index is 2.28. The van der Waals surface area contributed by atoms with Crippen LogP contribution in [0.25, 0.3) is 0 Å². The lowest BCUT2D eigenvalue weighted by Crippen LogP contribution is -2.13. The molecule has 2 atom stereocenters. The minimum Gasteiger partial charge on any atom is -0.388 e. The second-order valence-corrected chi connectivity index (χ2v) is 5.68. The van der Waals surface area contributed by atoms with E-state index >= 15 is 0 Å². The van der Waals surface area contributed by atoms with E-state index in [1.165, 1.54) is 0 Å². The molecule has 108 valence electrons. The Morgan fingerprint density at radius 2 is 2.15 bits per heavy atom. The van der Waals surface area contributed by atoms with Gasteiger partial charge < -0.3 is 10.1 Å². The normalized spacial score (nSPS) is 14.2. The summed E-state index contributed by atoms with van der Waals surface area (Å²) in [6.45, 7) is 2.13. The zero-order chi connectivity index (χ0) is 14.5. The van der Waals surface area contributed by atoms with Crippen molar-refractivity contribution in [2.45, 2.75) is 38.2 Å².